The van der Waals surface area contributed by atoms with E-state index in [0.717, 1.165) is 37.2 Å². The molecule has 4 nitrogen and oxygen atoms in total. The highest BCUT2D eigenvalue weighted by Gasteiger charge is 2.30. The predicted molar refractivity (Wildman–Crippen MR) is 94.2 cm³/mol. The van der Waals surface area contributed by atoms with Crippen LogP contribution in [-0.4, -0.2) is 60.5 Å². The van der Waals surface area contributed by atoms with E-state index in [0.29, 0.717) is 12.1 Å². The summed E-state index contributed by atoms with van der Waals surface area (Å²) in [5, 5.41) is 3.08. The Hall–Kier alpha value is -0.910. The van der Waals surface area contributed by atoms with Gasteiger partial charge in [-0.2, -0.15) is 0 Å². The molecule has 0 bridgehead atoms. The van der Waals surface area contributed by atoms with Crippen molar-refractivity contribution in [1.82, 2.24) is 15.1 Å². The lowest BCUT2D eigenvalue weighted by Crippen LogP contribution is -2.58. The molecule has 1 aliphatic rings. The number of benzene rings is 1. The van der Waals surface area contributed by atoms with Crippen molar-refractivity contribution >= 4 is 21.8 Å². The Morgan fingerprint density at radius 2 is 1.86 bits per heavy atom. The topological polar surface area (TPSA) is 35.6 Å². The normalized spacial score (nSPS) is 17.5. The minimum Gasteiger partial charge on any atom is -0.350 e. The summed E-state index contributed by atoms with van der Waals surface area (Å²) in [4.78, 5) is 17.3. The van der Waals surface area contributed by atoms with Crippen molar-refractivity contribution in [2.45, 2.75) is 26.3 Å². The van der Waals surface area contributed by atoms with Crippen molar-refractivity contribution in [2.24, 2.45) is 0 Å². The second-order valence-corrected chi connectivity index (χ2v) is 7.25. The first-order chi connectivity index (χ1) is 10.4. The van der Waals surface area contributed by atoms with Gasteiger partial charge >= 0.3 is 0 Å². The average Bonchev–Trinajstić information content (AvgIpc) is 2.53. The number of halogens is 1. The highest BCUT2D eigenvalue weighted by Crippen LogP contribution is 2.18. The van der Waals surface area contributed by atoms with Gasteiger partial charge in [0.2, 0.25) is 0 Å². The van der Waals surface area contributed by atoms with E-state index < -0.39 is 0 Å². The van der Waals surface area contributed by atoms with E-state index in [2.05, 4.69) is 51.8 Å². The Bertz CT molecular complexity index is 510. The molecule has 0 saturated carbocycles. The van der Waals surface area contributed by atoms with Gasteiger partial charge in [-0.25, -0.2) is 0 Å². The van der Waals surface area contributed by atoms with Gasteiger partial charge in [-0.05, 0) is 48.5 Å². The Morgan fingerprint density at radius 3 is 2.45 bits per heavy atom. The van der Waals surface area contributed by atoms with Crippen molar-refractivity contribution < 1.29 is 4.79 Å². The maximum absolute atomic E-state index is 12.3. The first-order valence-electron chi connectivity index (χ1n) is 7.94. The van der Waals surface area contributed by atoms with Crippen LogP contribution in [0, 0.1) is 0 Å². The summed E-state index contributed by atoms with van der Waals surface area (Å²) in [5.41, 5.74) is 0.658. The lowest BCUT2D eigenvalue weighted by atomic mass is 10.0. The Kier molecular flexibility index (Phi) is 6.01. The Labute approximate surface area is 142 Å². The van der Waals surface area contributed by atoms with Gasteiger partial charge in [0, 0.05) is 42.7 Å². The van der Waals surface area contributed by atoms with Crippen LogP contribution in [0.3, 0.4) is 0 Å². The largest absolute Gasteiger partial charge is 0.350 e. The molecule has 0 aromatic heterocycles. The fraction of sp³-hybridized carbons (Fsp3) is 0.588. The van der Waals surface area contributed by atoms with Gasteiger partial charge < -0.3 is 10.2 Å². The third-order valence-electron chi connectivity index (χ3n) is 4.48. The van der Waals surface area contributed by atoms with E-state index in [1.165, 1.54) is 0 Å². The van der Waals surface area contributed by atoms with Crippen molar-refractivity contribution in [1.29, 1.82) is 0 Å². The minimum atomic E-state index is -0.0310. The highest BCUT2D eigenvalue weighted by molar-refractivity contribution is 9.10. The summed E-state index contributed by atoms with van der Waals surface area (Å²) in [7, 11) is 0. The van der Waals surface area contributed by atoms with Crippen LogP contribution in [0.1, 0.15) is 31.1 Å². The summed E-state index contributed by atoms with van der Waals surface area (Å²) < 4.78 is 0.835. The molecule has 0 radical (unpaired) electrons. The summed E-state index contributed by atoms with van der Waals surface area (Å²) >= 11 is 3.43. The Morgan fingerprint density at radius 1 is 1.23 bits per heavy atom. The number of hydrogen-bond donors (Lipinski definition) is 1. The molecule has 1 fully saturated rings. The molecule has 2 rings (SSSR count). The molecule has 1 amide bonds. The fourth-order valence-corrected chi connectivity index (χ4v) is 3.28. The number of likely N-dealkylation sites (N-methyl/N-ethyl adjacent to an activating group) is 1. The van der Waals surface area contributed by atoms with Crippen molar-refractivity contribution in [3.8, 4) is 0 Å². The van der Waals surface area contributed by atoms with E-state index in [1.54, 1.807) is 0 Å². The summed E-state index contributed by atoms with van der Waals surface area (Å²) in [6, 6.07) is 7.53. The van der Waals surface area contributed by atoms with Gasteiger partial charge in [0.15, 0.2) is 0 Å². The van der Waals surface area contributed by atoms with Gasteiger partial charge in [-0.1, -0.05) is 19.1 Å². The van der Waals surface area contributed by atoms with Crippen molar-refractivity contribution in [3.63, 3.8) is 0 Å². The molecule has 1 aromatic rings. The number of nitrogens with zero attached hydrogens (tertiary/aromatic N) is 2. The fourth-order valence-electron chi connectivity index (χ4n) is 2.82. The van der Waals surface area contributed by atoms with Crippen LogP contribution in [0.4, 0.5) is 0 Å². The van der Waals surface area contributed by atoms with Crippen molar-refractivity contribution in [2.75, 3.05) is 39.3 Å². The zero-order chi connectivity index (χ0) is 16.2. The highest BCUT2D eigenvalue weighted by atomic mass is 79.9. The molecule has 1 aromatic carbocycles. The number of carbonyl (C=O) groups excluding carboxylic acids is 1. The molecular formula is C17H26BrN3O. The van der Waals surface area contributed by atoms with Crippen LogP contribution in [0.5, 0.6) is 0 Å². The third-order valence-corrected chi connectivity index (χ3v) is 5.17. The van der Waals surface area contributed by atoms with Crippen LogP contribution in [-0.2, 0) is 0 Å². The predicted octanol–water partition coefficient (Wildman–Crippen LogP) is 2.59. The Balaban J connectivity index is 1.90. The number of carbonyl (C=O) groups is 1. The van der Waals surface area contributed by atoms with E-state index in [1.807, 2.05) is 24.3 Å². The number of amides is 1. The summed E-state index contributed by atoms with van der Waals surface area (Å²) in [6.07, 6.45) is 0. The first-order valence-corrected chi connectivity index (χ1v) is 8.73. The van der Waals surface area contributed by atoms with E-state index >= 15 is 0 Å². The molecule has 5 heteroatoms. The summed E-state index contributed by atoms with van der Waals surface area (Å²) in [5.74, 6) is -0.0206. The minimum absolute atomic E-state index is 0.0206. The van der Waals surface area contributed by atoms with Crippen LogP contribution in [0.25, 0.3) is 0 Å². The van der Waals surface area contributed by atoms with E-state index in [4.69, 9.17) is 0 Å². The zero-order valence-corrected chi connectivity index (χ0v) is 15.3. The zero-order valence-electron chi connectivity index (χ0n) is 13.7. The molecule has 122 valence electrons. The number of rotatable bonds is 5. The maximum Gasteiger partial charge on any atom is 0.252 e. The number of piperazine rings is 1. The maximum atomic E-state index is 12.3. The van der Waals surface area contributed by atoms with Gasteiger partial charge in [-0.3, -0.25) is 9.69 Å². The monoisotopic (exact) mass is 367 g/mol. The molecule has 0 atom stereocenters. The van der Waals surface area contributed by atoms with Crippen LogP contribution < -0.4 is 5.32 Å². The molecule has 22 heavy (non-hydrogen) atoms. The molecule has 0 unspecified atom stereocenters. The van der Waals surface area contributed by atoms with Gasteiger partial charge in [0.25, 0.3) is 5.91 Å². The molecule has 0 aliphatic carbocycles. The van der Waals surface area contributed by atoms with E-state index in [-0.39, 0.29) is 11.4 Å². The number of nitrogens with one attached hydrogen (secondary N) is 1. The van der Waals surface area contributed by atoms with Crippen LogP contribution >= 0.6 is 15.9 Å². The van der Waals surface area contributed by atoms with Crippen molar-refractivity contribution in [3.05, 3.63) is 34.3 Å². The lowest BCUT2D eigenvalue weighted by molar-refractivity contribution is 0.0521. The second kappa shape index (κ2) is 7.57. The molecule has 1 N–H and O–H groups in total. The first kappa shape index (κ1) is 17.4. The molecule has 0 spiro atoms. The van der Waals surface area contributed by atoms with Crippen LogP contribution in [0.2, 0.25) is 0 Å². The van der Waals surface area contributed by atoms with Gasteiger partial charge in [-0.15, -0.1) is 0 Å². The molecule has 1 saturated heterocycles. The third kappa shape index (κ3) is 4.31. The summed E-state index contributed by atoms with van der Waals surface area (Å²) in [6.45, 7) is 12.7. The SMILES string of the molecule is CCN1CCN(C(C)(C)CNC(=O)c2ccccc2Br)CC1. The molecule has 1 aliphatic heterocycles. The van der Waals surface area contributed by atoms with Gasteiger partial charge in [0.1, 0.15) is 0 Å². The average molecular weight is 368 g/mol. The molecule has 1 heterocycles. The number of hydrogen-bond acceptors (Lipinski definition) is 3. The second-order valence-electron chi connectivity index (χ2n) is 6.40. The van der Waals surface area contributed by atoms with Crippen LogP contribution in [0.15, 0.2) is 28.7 Å². The smallest absolute Gasteiger partial charge is 0.252 e. The lowest BCUT2D eigenvalue weighted by Gasteiger charge is -2.44. The quantitative estimate of drug-likeness (QED) is 0.868. The van der Waals surface area contributed by atoms with E-state index in [9.17, 15) is 4.79 Å². The molecular weight excluding hydrogens is 342 g/mol. The standard InChI is InChI=1S/C17H26BrN3O/c1-4-20-9-11-21(12-10-20)17(2,3)13-19-16(22)14-7-5-6-8-15(14)18/h5-8H,4,9-13H2,1-3H3,(H,19,22). The van der Waals surface area contributed by atoms with Gasteiger partial charge in [0.05, 0.1) is 5.56 Å².